The number of rotatable bonds is 10. The Morgan fingerprint density at radius 3 is 2.18 bits per heavy atom. The summed E-state index contributed by atoms with van der Waals surface area (Å²) in [5.41, 5.74) is 5.10. The van der Waals surface area contributed by atoms with E-state index in [1.807, 2.05) is 56.3 Å². The Balaban J connectivity index is 1.14. The number of imidazole rings is 2. The van der Waals surface area contributed by atoms with Crippen LogP contribution in [0.1, 0.15) is 68.6 Å². The Kier molecular flexibility index (Phi) is 12.5. The number of aromatic amines is 2. The summed E-state index contributed by atoms with van der Waals surface area (Å²) in [6, 6.07) is 11.9. The third kappa shape index (κ3) is 9.21. The van der Waals surface area contributed by atoms with E-state index in [0.29, 0.717) is 23.9 Å². The van der Waals surface area contributed by atoms with E-state index < -0.39 is 40.4 Å². The molecule has 0 bridgehead atoms. The van der Waals surface area contributed by atoms with Crippen molar-refractivity contribution in [3.05, 3.63) is 71.6 Å². The van der Waals surface area contributed by atoms with Gasteiger partial charge in [0.05, 0.1) is 55.5 Å². The van der Waals surface area contributed by atoms with E-state index in [0.717, 1.165) is 52.1 Å². The van der Waals surface area contributed by atoms with Crippen LogP contribution in [0, 0.1) is 17.8 Å². The van der Waals surface area contributed by atoms with Gasteiger partial charge in [-0.05, 0) is 79.5 Å². The van der Waals surface area contributed by atoms with Gasteiger partial charge in [0, 0.05) is 25.0 Å². The molecule has 2 aliphatic heterocycles. The van der Waals surface area contributed by atoms with E-state index in [4.69, 9.17) is 19.2 Å². The lowest BCUT2D eigenvalue weighted by atomic mass is 10.0. The number of fused-ring (bicyclic) bond motifs is 1. The number of benzene rings is 2. The van der Waals surface area contributed by atoms with Crippen molar-refractivity contribution in [1.82, 2.24) is 40.4 Å². The molecule has 2 fully saturated rings. The first-order valence-electron chi connectivity index (χ1n) is 18.9. The summed E-state index contributed by atoms with van der Waals surface area (Å²) in [4.78, 5) is 71.4. The van der Waals surface area contributed by atoms with E-state index in [9.17, 15) is 19.2 Å². The van der Waals surface area contributed by atoms with Gasteiger partial charge in [0.15, 0.2) is 0 Å². The van der Waals surface area contributed by atoms with Crippen molar-refractivity contribution in [2.75, 3.05) is 52.0 Å². The Bertz CT molecular complexity index is 2170. The Morgan fingerprint density at radius 1 is 0.842 bits per heavy atom. The predicted molar refractivity (Wildman–Crippen MR) is 219 cm³/mol. The molecular weight excluding hydrogens is 749 g/mol. The van der Waals surface area contributed by atoms with Gasteiger partial charge in [-0.15, -0.1) is 0 Å². The Hall–Kier alpha value is -5.53. The summed E-state index contributed by atoms with van der Waals surface area (Å²) in [5, 5.41) is 5.33. The fourth-order valence-corrected chi connectivity index (χ4v) is 9.73. The largest absolute Gasteiger partial charge is 0.453 e. The van der Waals surface area contributed by atoms with E-state index in [1.165, 1.54) is 21.3 Å². The first kappa shape index (κ1) is 41.1. The summed E-state index contributed by atoms with van der Waals surface area (Å²) in [6.07, 6.45) is 5.74. The normalized spacial score (nSPS) is 19.7. The lowest BCUT2D eigenvalue weighted by Gasteiger charge is -2.31. The van der Waals surface area contributed by atoms with Gasteiger partial charge >= 0.3 is 12.2 Å². The first-order valence-corrected chi connectivity index (χ1v) is 21.7. The van der Waals surface area contributed by atoms with Gasteiger partial charge < -0.3 is 44.6 Å². The monoisotopic (exact) mass is 800 g/mol. The molecule has 2 aromatic heterocycles. The lowest BCUT2D eigenvalue weighted by molar-refractivity contribution is -0.137. The number of nitrogens with one attached hydrogen (secondary N) is 4. The van der Waals surface area contributed by atoms with Gasteiger partial charge in [-0.1, -0.05) is 38.0 Å². The van der Waals surface area contributed by atoms with Crippen molar-refractivity contribution in [1.29, 1.82) is 0 Å². The first-order chi connectivity index (χ1) is 27.2. The molecule has 1 unspecified atom stereocenters. The molecule has 4 N–H and O–H groups in total. The molecule has 57 heavy (non-hydrogen) atoms. The summed E-state index contributed by atoms with van der Waals surface area (Å²) in [5.74, 6) is 8.55. The highest BCUT2D eigenvalue weighted by Crippen LogP contribution is 2.52. The maximum absolute atomic E-state index is 13.8. The maximum Gasteiger partial charge on any atom is 0.407 e. The molecule has 2 aromatic carbocycles. The Morgan fingerprint density at radius 2 is 1.51 bits per heavy atom. The maximum atomic E-state index is 13.8. The number of hydrogen-bond donors (Lipinski definition) is 4. The summed E-state index contributed by atoms with van der Waals surface area (Å²) >= 11 is 0. The molecule has 0 saturated carbocycles. The fraction of sp³-hybridized carbons (Fsp3) is 0.463. The zero-order valence-electron chi connectivity index (χ0n) is 33.7. The summed E-state index contributed by atoms with van der Waals surface area (Å²) in [6.45, 7) is 6.11. The topological polar surface area (TPSA) is 184 Å². The van der Waals surface area contributed by atoms with E-state index >= 15 is 0 Å². The second-order valence-electron chi connectivity index (χ2n) is 15.4. The quantitative estimate of drug-likeness (QED) is 0.159. The molecule has 2 aliphatic rings. The zero-order valence-corrected chi connectivity index (χ0v) is 34.5. The third-order valence-electron chi connectivity index (χ3n) is 10.5. The molecule has 0 spiro atoms. The number of hydrogen-bond acceptors (Lipinski definition) is 9. The number of aromatic nitrogens is 4. The number of ether oxygens (including phenoxy) is 3. The molecule has 6 rings (SSSR count). The highest BCUT2D eigenvalue weighted by atomic mass is 32.3. The Labute approximate surface area is 334 Å². The van der Waals surface area contributed by atoms with Crippen LogP contribution >= 0.6 is 10.0 Å². The second kappa shape index (κ2) is 17.3. The number of alkyl carbamates (subject to hydrolysis) is 2. The van der Waals surface area contributed by atoms with Crippen LogP contribution in [-0.4, -0.2) is 124 Å². The van der Waals surface area contributed by atoms with Crippen LogP contribution in [-0.2, 0) is 23.8 Å². The van der Waals surface area contributed by atoms with Crippen LogP contribution in [0.2, 0.25) is 0 Å². The van der Waals surface area contributed by atoms with Crippen molar-refractivity contribution in [2.45, 2.75) is 63.9 Å². The number of amides is 4. The average Bonchev–Trinajstić information content (AvgIpc) is 4.02. The van der Waals surface area contributed by atoms with Crippen molar-refractivity contribution >= 4 is 45.1 Å². The average molecular weight is 801 g/mol. The highest BCUT2D eigenvalue weighted by molar-refractivity contribution is 8.32. The zero-order chi connectivity index (χ0) is 41.0. The van der Waals surface area contributed by atoms with Crippen molar-refractivity contribution in [3.63, 3.8) is 0 Å². The standard InChI is InChI=1S/C41H52N8O7S/c1-24(2)34(46-40(52)55-5)38(50)48-19-9-10-32(48)37-44-30-18-16-28(20-31(30)45-37)27-14-11-26(12-15-27)13-17-29-21-42-36(43-29)33-22-57(7,8)23-49(33)39(51)35(25(3)54-4)47-41(53)56-6/h11-12,14-16,18,20-21,24-25,32-35H,9-10,19,22-23H2,1-8H3,(H,42,43)(H,44,45)(H,46,52)(H,47,53)/t25?,32-,33-,34-,35-/m0/s1. The molecule has 15 nitrogen and oxygen atoms in total. The van der Waals surface area contributed by atoms with Crippen LogP contribution in [0.4, 0.5) is 9.59 Å². The number of carbonyl (C=O) groups is 4. The van der Waals surface area contributed by atoms with E-state index in [-0.39, 0.29) is 29.8 Å². The molecule has 0 aliphatic carbocycles. The lowest BCUT2D eigenvalue weighted by Crippen LogP contribution is -2.54. The SMILES string of the molecule is COC(=O)N[C@H](C(=O)N1CCC[C@H]1c1nc2cc(-c3ccc(C#Cc4cnc([C@@H]5CS(C)(C)CN5C(=O)[C@@H](NC(=O)OC)C(C)OC)[nH]4)cc3)ccc2[nH]1)C(C)C. The van der Waals surface area contributed by atoms with Crippen molar-refractivity contribution < 1.29 is 33.4 Å². The molecular formula is C41H52N8O7S. The number of methoxy groups -OCH3 is 3. The van der Waals surface area contributed by atoms with Crippen LogP contribution in [0.5, 0.6) is 0 Å². The number of H-pyrrole nitrogens is 2. The smallest absolute Gasteiger partial charge is 0.407 e. The molecule has 304 valence electrons. The van der Waals surface area contributed by atoms with Gasteiger partial charge in [0.1, 0.15) is 29.4 Å². The summed E-state index contributed by atoms with van der Waals surface area (Å²) < 4.78 is 15.0. The van der Waals surface area contributed by atoms with Crippen LogP contribution in [0.25, 0.3) is 22.2 Å². The summed E-state index contributed by atoms with van der Waals surface area (Å²) in [7, 11) is 2.89. The van der Waals surface area contributed by atoms with Crippen LogP contribution in [0.3, 0.4) is 0 Å². The number of carbonyl (C=O) groups excluding carboxylic acids is 4. The second-order valence-corrected chi connectivity index (χ2v) is 19.5. The van der Waals surface area contributed by atoms with Gasteiger partial charge in [0.25, 0.3) is 0 Å². The molecule has 4 aromatic rings. The predicted octanol–water partition coefficient (Wildman–Crippen LogP) is 5.06. The van der Waals surface area contributed by atoms with Crippen LogP contribution in [0.15, 0.2) is 48.7 Å². The fourth-order valence-electron chi connectivity index (χ4n) is 7.37. The minimum atomic E-state index is -1.15. The minimum absolute atomic E-state index is 0.115. The van der Waals surface area contributed by atoms with Gasteiger partial charge in [0.2, 0.25) is 11.8 Å². The van der Waals surface area contributed by atoms with Gasteiger partial charge in [-0.3, -0.25) is 9.59 Å². The van der Waals surface area contributed by atoms with Gasteiger partial charge in [-0.2, -0.15) is 0 Å². The van der Waals surface area contributed by atoms with Gasteiger partial charge in [-0.25, -0.2) is 29.6 Å². The molecule has 4 amide bonds. The number of likely N-dealkylation sites (tertiary alicyclic amines) is 1. The van der Waals surface area contributed by atoms with Crippen molar-refractivity contribution in [3.8, 4) is 23.0 Å². The molecule has 0 radical (unpaired) electrons. The number of nitrogens with zero attached hydrogens (tertiary/aromatic N) is 4. The van der Waals surface area contributed by atoms with Crippen LogP contribution < -0.4 is 10.6 Å². The van der Waals surface area contributed by atoms with E-state index in [1.54, 1.807) is 22.9 Å². The van der Waals surface area contributed by atoms with E-state index in [2.05, 4.69) is 49.9 Å². The molecule has 16 heteroatoms. The third-order valence-corrected chi connectivity index (χ3v) is 12.7. The molecule has 2 saturated heterocycles. The highest BCUT2D eigenvalue weighted by Gasteiger charge is 2.44. The molecule has 5 atom stereocenters. The molecule has 4 heterocycles. The minimum Gasteiger partial charge on any atom is -0.453 e. The van der Waals surface area contributed by atoms with Crippen molar-refractivity contribution in [2.24, 2.45) is 5.92 Å².